The number of nitrogens with two attached hydrogens (primary N) is 1. The van der Waals surface area contributed by atoms with Crippen molar-refractivity contribution in [2.24, 2.45) is 21.6 Å². The molecule has 0 saturated carbocycles. The van der Waals surface area contributed by atoms with Crippen LogP contribution in [-0.2, 0) is 0 Å². The van der Waals surface area contributed by atoms with Gasteiger partial charge in [0, 0.05) is 11.9 Å². The highest BCUT2D eigenvalue weighted by Gasteiger charge is 2.35. The van der Waals surface area contributed by atoms with E-state index in [4.69, 9.17) is 5.73 Å². The molecule has 0 aromatic heterocycles. The summed E-state index contributed by atoms with van der Waals surface area (Å²) in [4.78, 5) is 7.90. The van der Waals surface area contributed by atoms with Crippen LogP contribution in [0.25, 0.3) is 0 Å². The second-order valence-electron chi connectivity index (χ2n) is 4.45. The smallest absolute Gasteiger partial charge is 0.401 e. The van der Waals surface area contributed by atoms with Gasteiger partial charge in [-0.25, -0.2) is 4.99 Å². The van der Waals surface area contributed by atoms with E-state index < -0.39 is 11.7 Å². The van der Waals surface area contributed by atoms with E-state index in [1.807, 2.05) is 13.2 Å². The first-order chi connectivity index (χ1) is 9.13. The van der Waals surface area contributed by atoms with Crippen molar-refractivity contribution in [3.05, 3.63) is 11.3 Å². The first-order valence-corrected chi connectivity index (χ1v) is 7.60. The molecule has 0 fully saturated rings. The van der Waals surface area contributed by atoms with Gasteiger partial charge in [0.1, 0.15) is 5.84 Å². The number of thioether (sulfide) groups is 1. The van der Waals surface area contributed by atoms with Crippen molar-refractivity contribution >= 4 is 23.8 Å². The quantitative estimate of drug-likeness (QED) is 0.616. The fraction of sp³-hybridized carbons (Fsp3) is 0.692. The molecule has 116 valence electrons. The van der Waals surface area contributed by atoms with Crippen LogP contribution in [0.15, 0.2) is 21.3 Å². The fourth-order valence-corrected chi connectivity index (χ4v) is 1.56. The Morgan fingerprint density at radius 3 is 2.30 bits per heavy atom. The maximum Gasteiger partial charge on any atom is 0.419 e. The van der Waals surface area contributed by atoms with Crippen LogP contribution in [0, 0.1) is 5.92 Å². The van der Waals surface area contributed by atoms with Crippen LogP contribution in [0.3, 0.4) is 0 Å². The minimum atomic E-state index is -4.51. The van der Waals surface area contributed by atoms with Gasteiger partial charge in [-0.3, -0.25) is 4.99 Å². The molecule has 2 atom stereocenters. The standard InChI is InChI=1S/C13H22F3N3S/c1-6-8(2)12(17)11(13(14,15)16)7-18-9(3)19-10(4)20-5/h7-8,10H,6,17H2,1-5H3. The Morgan fingerprint density at radius 1 is 1.35 bits per heavy atom. The van der Waals surface area contributed by atoms with Gasteiger partial charge in [-0.2, -0.15) is 13.2 Å². The van der Waals surface area contributed by atoms with Crippen molar-refractivity contribution < 1.29 is 13.2 Å². The van der Waals surface area contributed by atoms with E-state index in [1.165, 1.54) is 11.8 Å². The third-order valence-corrected chi connectivity index (χ3v) is 3.64. The van der Waals surface area contributed by atoms with E-state index in [1.54, 1.807) is 20.8 Å². The van der Waals surface area contributed by atoms with Crippen molar-refractivity contribution in [3.63, 3.8) is 0 Å². The van der Waals surface area contributed by atoms with Gasteiger partial charge in [0.15, 0.2) is 0 Å². The summed E-state index contributed by atoms with van der Waals surface area (Å²) in [5, 5.41) is -0.0441. The predicted molar refractivity (Wildman–Crippen MR) is 81.3 cm³/mol. The highest BCUT2D eigenvalue weighted by molar-refractivity contribution is 7.99. The Balaban J connectivity index is 5.37. The van der Waals surface area contributed by atoms with Crippen molar-refractivity contribution in [3.8, 4) is 0 Å². The molecule has 0 aliphatic rings. The number of rotatable bonds is 5. The number of halogens is 3. The minimum absolute atomic E-state index is 0.0441. The third kappa shape index (κ3) is 6.45. The van der Waals surface area contributed by atoms with Crippen LogP contribution in [0.2, 0.25) is 0 Å². The summed E-state index contributed by atoms with van der Waals surface area (Å²) >= 11 is 1.49. The SMILES string of the molecule is CCC(C)C(N)=C(C=NC(C)=NC(C)SC)C(F)(F)F. The van der Waals surface area contributed by atoms with E-state index in [0.717, 1.165) is 6.21 Å². The molecule has 7 heteroatoms. The minimum Gasteiger partial charge on any atom is -0.401 e. The van der Waals surface area contributed by atoms with Crippen LogP contribution in [0.1, 0.15) is 34.1 Å². The Bertz CT molecular complexity index is 400. The molecule has 3 nitrogen and oxygen atoms in total. The van der Waals surface area contributed by atoms with Gasteiger partial charge in [-0.05, 0) is 32.4 Å². The monoisotopic (exact) mass is 309 g/mol. The molecular formula is C13H22F3N3S. The van der Waals surface area contributed by atoms with Gasteiger partial charge < -0.3 is 5.73 Å². The van der Waals surface area contributed by atoms with Crippen molar-refractivity contribution in [1.82, 2.24) is 0 Å². The molecule has 0 aromatic rings. The Kier molecular flexibility index (Phi) is 7.93. The normalized spacial score (nSPS) is 18.1. The van der Waals surface area contributed by atoms with E-state index in [2.05, 4.69) is 9.98 Å². The summed E-state index contributed by atoms with van der Waals surface area (Å²) in [7, 11) is 0. The van der Waals surface area contributed by atoms with E-state index in [9.17, 15) is 13.2 Å². The van der Waals surface area contributed by atoms with E-state index in [-0.39, 0.29) is 17.0 Å². The summed E-state index contributed by atoms with van der Waals surface area (Å²) in [6.07, 6.45) is -1.33. The lowest BCUT2D eigenvalue weighted by Crippen LogP contribution is -2.22. The van der Waals surface area contributed by atoms with E-state index >= 15 is 0 Å². The van der Waals surface area contributed by atoms with Crippen LogP contribution in [0.4, 0.5) is 13.2 Å². The third-order valence-electron chi connectivity index (χ3n) is 2.85. The summed E-state index contributed by atoms with van der Waals surface area (Å²) in [6, 6.07) is 0. The molecule has 2 unspecified atom stereocenters. The molecule has 0 heterocycles. The lowest BCUT2D eigenvalue weighted by atomic mass is 10.0. The van der Waals surface area contributed by atoms with Crippen LogP contribution in [-0.4, -0.2) is 29.9 Å². The van der Waals surface area contributed by atoms with Crippen molar-refractivity contribution in [2.45, 2.75) is 45.7 Å². The second kappa shape index (κ2) is 8.34. The molecule has 0 saturated heterocycles. The van der Waals surface area contributed by atoms with Crippen molar-refractivity contribution in [1.29, 1.82) is 0 Å². The number of alkyl halides is 3. The first kappa shape index (κ1) is 19.0. The zero-order valence-electron chi connectivity index (χ0n) is 12.5. The largest absolute Gasteiger partial charge is 0.419 e. The average molecular weight is 309 g/mol. The number of nitrogens with zero attached hydrogens (tertiary/aromatic N) is 2. The van der Waals surface area contributed by atoms with E-state index in [0.29, 0.717) is 12.3 Å². The number of aliphatic imine (C=N–C) groups is 2. The molecule has 0 rings (SSSR count). The van der Waals surface area contributed by atoms with Gasteiger partial charge in [-0.15, -0.1) is 11.8 Å². The zero-order chi connectivity index (χ0) is 15.9. The fourth-order valence-electron chi connectivity index (χ4n) is 1.30. The van der Waals surface area contributed by atoms with Crippen LogP contribution in [0.5, 0.6) is 0 Å². The number of allylic oxidation sites excluding steroid dienone is 2. The molecule has 0 spiro atoms. The van der Waals surface area contributed by atoms with Crippen LogP contribution < -0.4 is 5.73 Å². The van der Waals surface area contributed by atoms with Gasteiger partial charge >= 0.3 is 6.18 Å². The molecule has 0 bridgehead atoms. The summed E-state index contributed by atoms with van der Waals surface area (Å²) < 4.78 is 38.9. The summed E-state index contributed by atoms with van der Waals surface area (Å²) in [6.45, 7) is 6.86. The molecule has 0 radical (unpaired) electrons. The lowest BCUT2D eigenvalue weighted by molar-refractivity contribution is -0.0868. The Morgan fingerprint density at radius 2 is 1.90 bits per heavy atom. The number of hydrogen-bond donors (Lipinski definition) is 1. The maximum absolute atomic E-state index is 13.0. The molecule has 0 aliphatic heterocycles. The number of amidine groups is 1. The zero-order valence-corrected chi connectivity index (χ0v) is 13.3. The van der Waals surface area contributed by atoms with Gasteiger partial charge in [0.25, 0.3) is 0 Å². The molecular weight excluding hydrogens is 287 g/mol. The average Bonchev–Trinajstić information content (AvgIpc) is 2.35. The van der Waals surface area contributed by atoms with Crippen molar-refractivity contribution in [2.75, 3.05) is 6.26 Å². The Labute approximate surface area is 122 Å². The maximum atomic E-state index is 13.0. The predicted octanol–water partition coefficient (Wildman–Crippen LogP) is 4.01. The molecule has 2 N–H and O–H groups in total. The summed E-state index contributed by atoms with van der Waals surface area (Å²) in [5.74, 6) is -0.0500. The van der Waals surface area contributed by atoms with Crippen LogP contribution >= 0.6 is 11.8 Å². The molecule has 0 aliphatic carbocycles. The lowest BCUT2D eigenvalue weighted by Gasteiger charge is -2.15. The highest BCUT2D eigenvalue weighted by atomic mass is 32.2. The number of hydrogen-bond acceptors (Lipinski definition) is 3. The topological polar surface area (TPSA) is 50.7 Å². The highest BCUT2D eigenvalue weighted by Crippen LogP contribution is 2.28. The first-order valence-electron chi connectivity index (χ1n) is 6.31. The van der Waals surface area contributed by atoms with Gasteiger partial charge in [-0.1, -0.05) is 13.8 Å². The summed E-state index contributed by atoms with van der Waals surface area (Å²) in [5.41, 5.74) is 4.52. The van der Waals surface area contributed by atoms with Gasteiger partial charge in [0.2, 0.25) is 0 Å². The molecule has 20 heavy (non-hydrogen) atoms. The second-order valence-corrected chi connectivity index (χ2v) is 5.60. The molecule has 0 aromatic carbocycles. The Hall–Kier alpha value is -0.980. The van der Waals surface area contributed by atoms with Gasteiger partial charge in [0.05, 0.1) is 10.9 Å². The molecule has 0 amide bonds.